The van der Waals surface area contributed by atoms with Gasteiger partial charge in [0.25, 0.3) is 0 Å². The van der Waals surface area contributed by atoms with Crippen LogP contribution in [0.4, 0.5) is 0 Å². The van der Waals surface area contributed by atoms with Crippen LogP contribution in [0, 0.1) is 0 Å². The van der Waals surface area contributed by atoms with Crippen molar-refractivity contribution in [1.82, 2.24) is 0 Å². The van der Waals surface area contributed by atoms with Crippen LogP contribution in [0.25, 0.3) is 0 Å². The van der Waals surface area contributed by atoms with Crippen LogP contribution in [0.1, 0.15) is 0 Å². The molecular weight excluding hydrogens is 140 g/mol. The number of esters is 1. The largest absolute Gasteiger partial charge is 0.467 e. The molecule has 0 aromatic rings. The molecule has 0 rings (SSSR count). The van der Waals surface area contributed by atoms with Gasteiger partial charge in [-0.05, 0) is 0 Å². The smallest absolute Gasteiger partial charge is 0.339 e. The topological polar surface area (TPSA) is 96.8 Å². The van der Waals surface area contributed by atoms with Crippen LogP contribution < -0.4 is 11.8 Å². The fraction of sp³-hybridized carbons (Fsp3) is 0.750. The normalized spacial score (nSPS) is 12.7. The summed E-state index contributed by atoms with van der Waals surface area (Å²) in [7, 11) is 1.21. The lowest BCUT2D eigenvalue weighted by Crippen LogP contribution is -2.33. The van der Waals surface area contributed by atoms with E-state index >= 15 is 0 Å². The molecule has 6 nitrogen and oxygen atoms in total. The van der Waals surface area contributed by atoms with Crippen LogP contribution in [0.3, 0.4) is 0 Å². The van der Waals surface area contributed by atoms with Crippen molar-refractivity contribution in [1.29, 1.82) is 0 Å². The molecule has 0 aliphatic rings. The predicted molar refractivity (Wildman–Crippen MR) is 31.2 cm³/mol. The molecule has 0 spiro atoms. The third kappa shape index (κ3) is 2.74. The van der Waals surface area contributed by atoms with E-state index in [4.69, 9.17) is 5.90 Å². The van der Waals surface area contributed by atoms with E-state index < -0.39 is 12.1 Å². The second-order valence-corrected chi connectivity index (χ2v) is 1.48. The van der Waals surface area contributed by atoms with Crippen LogP contribution in [-0.2, 0) is 19.2 Å². The molecule has 0 aromatic carbocycles. The van der Waals surface area contributed by atoms with Crippen molar-refractivity contribution in [3.8, 4) is 0 Å². The Morgan fingerprint density at radius 1 is 1.60 bits per heavy atom. The Labute approximate surface area is 57.9 Å². The molecule has 0 radical (unpaired) electrons. The predicted octanol–water partition coefficient (Wildman–Crippen LogP) is -1.69. The zero-order chi connectivity index (χ0) is 7.98. The van der Waals surface area contributed by atoms with Crippen molar-refractivity contribution in [3.05, 3.63) is 0 Å². The van der Waals surface area contributed by atoms with Crippen molar-refractivity contribution in [2.45, 2.75) is 6.10 Å². The summed E-state index contributed by atoms with van der Waals surface area (Å²) in [5, 5.41) is 0. The van der Waals surface area contributed by atoms with E-state index in [-0.39, 0.29) is 6.61 Å². The summed E-state index contributed by atoms with van der Waals surface area (Å²) in [6.45, 7) is -0.122. The molecule has 0 amide bonds. The van der Waals surface area contributed by atoms with Gasteiger partial charge in [0.05, 0.1) is 7.11 Å². The molecule has 6 heteroatoms. The molecule has 10 heavy (non-hydrogen) atoms. The highest BCUT2D eigenvalue weighted by Gasteiger charge is 2.18. The number of rotatable bonds is 4. The van der Waals surface area contributed by atoms with Gasteiger partial charge in [-0.1, -0.05) is 0 Å². The molecule has 0 heterocycles. The Kier molecular flexibility index (Phi) is 4.77. The fourth-order valence-corrected chi connectivity index (χ4v) is 0.382. The highest BCUT2D eigenvalue weighted by molar-refractivity contribution is 5.74. The van der Waals surface area contributed by atoms with E-state index in [2.05, 4.69) is 20.3 Å². The van der Waals surface area contributed by atoms with Crippen LogP contribution in [-0.4, -0.2) is 25.8 Å². The van der Waals surface area contributed by atoms with E-state index in [1.807, 2.05) is 0 Å². The summed E-state index contributed by atoms with van der Waals surface area (Å²) < 4.78 is 4.28. The Morgan fingerprint density at radius 2 is 2.20 bits per heavy atom. The summed E-state index contributed by atoms with van der Waals surface area (Å²) in [4.78, 5) is 18.8. The number of hydrogen-bond donors (Lipinski definition) is 2. The van der Waals surface area contributed by atoms with Gasteiger partial charge in [-0.3, -0.25) is 4.84 Å². The van der Waals surface area contributed by atoms with Gasteiger partial charge in [-0.25, -0.2) is 16.6 Å². The zero-order valence-corrected chi connectivity index (χ0v) is 5.57. The molecule has 1 atom stereocenters. The Morgan fingerprint density at radius 3 is 2.50 bits per heavy atom. The maximum atomic E-state index is 10.6. The first-order valence-electron chi connectivity index (χ1n) is 2.51. The second kappa shape index (κ2) is 5.12. The molecule has 0 aliphatic carbocycles. The number of ether oxygens (including phenoxy) is 1. The Hall–Kier alpha value is -0.690. The van der Waals surface area contributed by atoms with Crippen molar-refractivity contribution >= 4 is 5.97 Å². The van der Waals surface area contributed by atoms with E-state index in [1.54, 1.807) is 0 Å². The zero-order valence-electron chi connectivity index (χ0n) is 5.57. The molecule has 0 bridgehead atoms. The number of carbonyl (C=O) groups is 1. The lowest BCUT2D eigenvalue weighted by Gasteiger charge is -2.08. The van der Waals surface area contributed by atoms with Crippen LogP contribution in [0.2, 0.25) is 0 Å². The average Bonchev–Trinajstić information content (AvgIpc) is 1.99. The average molecular weight is 150 g/mol. The van der Waals surface area contributed by atoms with Gasteiger partial charge in [-0.2, -0.15) is 0 Å². The monoisotopic (exact) mass is 150 g/mol. The first kappa shape index (κ1) is 9.31. The maximum Gasteiger partial charge on any atom is 0.339 e. The quantitative estimate of drug-likeness (QED) is 0.366. The van der Waals surface area contributed by atoms with Crippen LogP contribution in [0.5, 0.6) is 0 Å². The third-order valence-corrected chi connectivity index (χ3v) is 0.876. The minimum Gasteiger partial charge on any atom is -0.467 e. The highest BCUT2D eigenvalue weighted by atomic mass is 16.7. The molecule has 0 aromatic heterocycles. The Bertz CT molecular complexity index is 107. The summed E-state index contributed by atoms with van der Waals surface area (Å²) in [5.41, 5.74) is 0. The minimum atomic E-state index is -0.949. The van der Waals surface area contributed by atoms with Crippen molar-refractivity contribution < 1.29 is 19.2 Å². The van der Waals surface area contributed by atoms with E-state index in [9.17, 15) is 4.79 Å². The molecule has 0 aliphatic heterocycles. The molecular formula is C4H10N2O4. The summed E-state index contributed by atoms with van der Waals surface area (Å²) >= 11 is 0. The number of nitrogens with two attached hydrogens (primary N) is 2. The summed E-state index contributed by atoms with van der Waals surface area (Å²) in [5.74, 6) is 8.74. The van der Waals surface area contributed by atoms with Gasteiger partial charge in [0.1, 0.15) is 6.61 Å². The molecule has 0 saturated heterocycles. The molecule has 0 saturated carbocycles. The minimum absolute atomic E-state index is 0.122. The second-order valence-electron chi connectivity index (χ2n) is 1.48. The molecule has 60 valence electrons. The lowest BCUT2D eigenvalue weighted by molar-refractivity contribution is -0.158. The van der Waals surface area contributed by atoms with Gasteiger partial charge in [0.2, 0.25) is 6.10 Å². The van der Waals surface area contributed by atoms with E-state index in [0.717, 1.165) is 0 Å². The molecule has 4 N–H and O–H groups in total. The SMILES string of the molecule is COC(=O)C(CON)ON. The summed E-state index contributed by atoms with van der Waals surface area (Å²) in [6, 6.07) is 0. The summed E-state index contributed by atoms with van der Waals surface area (Å²) in [6.07, 6.45) is -0.949. The van der Waals surface area contributed by atoms with Crippen molar-refractivity contribution in [2.75, 3.05) is 13.7 Å². The first-order valence-corrected chi connectivity index (χ1v) is 2.51. The van der Waals surface area contributed by atoms with E-state index in [0.29, 0.717) is 0 Å². The Balaban J connectivity index is 3.68. The number of carbonyl (C=O) groups excluding carboxylic acids is 1. The van der Waals surface area contributed by atoms with Crippen LogP contribution in [0.15, 0.2) is 0 Å². The maximum absolute atomic E-state index is 10.6. The standard InChI is InChI=1S/C4H10N2O4/c1-8-4(7)3(10-6)2-9-5/h3H,2,5-6H2,1H3. The van der Waals surface area contributed by atoms with Gasteiger partial charge in [0.15, 0.2) is 0 Å². The van der Waals surface area contributed by atoms with Gasteiger partial charge in [0, 0.05) is 0 Å². The molecule has 1 unspecified atom stereocenters. The lowest BCUT2D eigenvalue weighted by atomic mass is 10.4. The fourth-order valence-electron chi connectivity index (χ4n) is 0.382. The van der Waals surface area contributed by atoms with Gasteiger partial charge < -0.3 is 9.57 Å². The number of hydrogen-bond acceptors (Lipinski definition) is 6. The number of methoxy groups -OCH3 is 1. The molecule has 0 fully saturated rings. The van der Waals surface area contributed by atoms with Crippen molar-refractivity contribution in [3.63, 3.8) is 0 Å². The highest BCUT2D eigenvalue weighted by Crippen LogP contribution is 1.90. The van der Waals surface area contributed by atoms with Gasteiger partial charge in [-0.15, -0.1) is 0 Å². The first-order chi connectivity index (χ1) is 4.76. The third-order valence-electron chi connectivity index (χ3n) is 0.876. The van der Waals surface area contributed by atoms with E-state index in [1.165, 1.54) is 7.11 Å². The van der Waals surface area contributed by atoms with Gasteiger partial charge >= 0.3 is 5.97 Å². The van der Waals surface area contributed by atoms with Crippen LogP contribution >= 0.6 is 0 Å². The van der Waals surface area contributed by atoms with Crippen molar-refractivity contribution in [2.24, 2.45) is 11.8 Å².